The molecule has 0 aliphatic rings. The third-order valence-electron chi connectivity index (χ3n) is 6.24. The predicted molar refractivity (Wildman–Crippen MR) is 147 cm³/mol. The average Bonchev–Trinajstić information content (AvgIpc) is 3.19. The van der Waals surface area contributed by atoms with Crippen LogP contribution in [0.5, 0.6) is 5.75 Å². The van der Waals surface area contributed by atoms with Crippen molar-refractivity contribution in [2.75, 3.05) is 12.8 Å². The molecule has 0 fully saturated rings. The first-order chi connectivity index (χ1) is 18.0. The summed E-state index contributed by atoms with van der Waals surface area (Å²) < 4.78 is 6.89. The number of methoxy groups -OCH3 is 1. The van der Waals surface area contributed by atoms with Gasteiger partial charge in [0.1, 0.15) is 22.6 Å². The van der Waals surface area contributed by atoms with Gasteiger partial charge in [0.2, 0.25) is 0 Å². The largest absolute Gasteiger partial charge is 0.496 e. The summed E-state index contributed by atoms with van der Waals surface area (Å²) in [6.45, 7) is 1.98. The summed E-state index contributed by atoms with van der Waals surface area (Å²) in [5, 5.41) is 7.66. The number of nitrogens with two attached hydrogens (primary N) is 1. The van der Waals surface area contributed by atoms with E-state index in [1.54, 1.807) is 13.3 Å². The van der Waals surface area contributed by atoms with Crippen molar-refractivity contribution in [1.82, 2.24) is 20.0 Å². The lowest BCUT2D eigenvalue weighted by Crippen LogP contribution is -2.33. The van der Waals surface area contributed by atoms with Gasteiger partial charge in [0, 0.05) is 11.6 Å². The minimum absolute atomic E-state index is 0.0731. The van der Waals surface area contributed by atoms with Crippen molar-refractivity contribution in [1.29, 1.82) is 0 Å². The minimum Gasteiger partial charge on any atom is -0.496 e. The van der Waals surface area contributed by atoms with Gasteiger partial charge in [0.05, 0.1) is 24.4 Å². The molecule has 0 saturated heterocycles. The number of carbonyl (C=O) groups excluding carboxylic acids is 1. The Morgan fingerprint density at radius 1 is 1.03 bits per heavy atom. The van der Waals surface area contributed by atoms with Gasteiger partial charge in [0.15, 0.2) is 5.65 Å². The average molecular weight is 493 g/mol. The van der Waals surface area contributed by atoms with Crippen LogP contribution in [0.3, 0.4) is 0 Å². The van der Waals surface area contributed by atoms with E-state index in [1.165, 1.54) is 10.2 Å². The molecule has 5 aromatic rings. The third-order valence-corrected chi connectivity index (χ3v) is 6.24. The molecule has 1 atom stereocenters. The van der Waals surface area contributed by atoms with Gasteiger partial charge < -0.3 is 15.8 Å². The van der Waals surface area contributed by atoms with E-state index in [9.17, 15) is 4.79 Å². The van der Waals surface area contributed by atoms with Gasteiger partial charge in [0.25, 0.3) is 5.91 Å². The quantitative estimate of drug-likeness (QED) is 0.302. The summed E-state index contributed by atoms with van der Waals surface area (Å²) in [5.41, 5.74) is 11.0. The highest BCUT2D eigenvalue weighted by Crippen LogP contribution is 2.28. The number of fused-ring (bicyclic) bond motifs is 2. The van der Waals surface area contributed by atoms with Gasteiger partial charge in [-0.25, -0.2) is 9.97 Å². The molecular formula is C29H28N6O2. The molecular weight excluding hydrogens is 464 g/mol. The van der Waals surface area contributed by atoms with Crippen LogP contribution in [0.15, 0.2) is 84.0 Å². The number of hydrogen-bond donors (Lipinski definition) is 2. The van der Waals surface area contributed by atoms with Crippen LogP contribution in [-0.4, -0.2) is 39.9 Å². The van der Waals surface area contributed by atoms with Gasteiger partial charge >= 0.3 is 0 Å². The van der Waals surface area contributed by atoms with Gasteiger partial charge in [-0.1, -0.05) is 54.6 Å². The first kappa shape index (κ1) is 24.0. The minimum atomic E-state index is -0.307. The van der Waals surface area contributed by atoms with E-state index in [4.69, 9.17) is 20.4 Å². The molecule has 37 heavy (non-hydrogen) atoms. The number of amides is 1. The van der Waals surface area contributed by atoms with Crippen LogP contribution in [0.4, 0.5) is 5.82 Å². The number of para-hydroxylation sites is 3. The van der Waals surface area contributed by atoms with Crippen molar-refractivity contribution < 1.29 is 9.53 Å². The highest BCUT2D eigenvalue weighted by atomic mass is 16.5. The van der Waals surface area contributed by atoms with Crippen molar-refractivity contribution in [2.24, 2.45) is 5.10 Å². The van der Waals surface area contributed by atoms with Crippen LogP contribution >= 0.6 is 0 Å². The molecule has 5 rings (SSSR count). The number of benzene rings is 3. The third kappa shape index (κ3) is 4.99. The summed E-state index contributed by atoms with van der Waals surface area (Å²) in [6.07, 6.45) is 3.28. The fourth-order valence-corrected chi connectivity index (χ4v) is 4.28. The second-order valence-corrected chi connectivity index (χ2v) is 8.84. The van der Waals surface area contributed by atoms with Crippen LogP contribution in [0, 0.1) is 0 Å². The maximum atomic E-state index is 13.5. The molecule has 186 valence electrons. The Morgan fingerprint density at radius 2 is 1.70 bits per heavy atom. The van der Waals surface area contributed by atoms with E-state index in [2.05, 4.69) is 22.6 Å². The Hall–Kier alpha value is -4.72. The number of nitrogens with zero attached hydrogens (tertiary/aromatic N) is 4. The van der Waals surface area contributed by atoms with Crippen molar-refractivity contribution in [3.05, 3.63) is 95.6 Å². The lowest BCUT2D eigenvalue weighted by molar-refractivity contribution is 0.0940. The summed E-state index contributed by atoms with van der Waals surface area (Å²) in [7, 11) is 1.60. The van der Waals surface area contributed by atoms with Crippen molar-refractivity contribution in [2.45, 2.75) is 25.8 Å². The van der Waals surface area contributed by atoms with E-state index in [0.717, 1.165) is 18.4 Å². The summed E-state index contributed by atoms with van der Waals surface area (Å²) in [4.78, 5) is 23.0. The molecule has 0 spiro atoms. The van der Waals surface area contributed by atoms with E-state index in [0.29, 0.717) is 27.9 Å². The number of aromatic nitrogens is 3. The molecule has 3 aromatic carbocycles. The van der Waals surface area contributed by atoms with Gasteiger partial charge in [-0.2, -0.15) is 9.78 Å². The fraction of sp³-hybridized carbons (Fsp3) is 0.172. The molecule has 2 aromatic heterocycles. The number of anilines is 1. The highest BCUT2D eigenvalue weighted by Gasteiger charge is 2.25. The number of nitrogens with one attached hydrogen (secondary N) is 1. The SMILES string of the molecule is COc1ccccc1C=Nn1c(N)c(C(=O)N[C@@H](C)CCc2ccccc2)c2nc3ccccc3nc21. The standard InChI is InChI=1S/C29H28N6O2/c1-19(16-17-20-10-4-3-5-11-20)32-29(36)25-26-28(34-23-14-8-7-13-22(23)33-26)35(27(25)30)31-18-21-12-6-9-15-24(21)37-2/h3-15,18-19H,16-17,30H2,1-2H3,(H,32,36)/t19-/m0/s1. The maximum absolute atomic E-state index is 13.5. The van der Waals surface area contributed by atoms with E-state index < -0.39 is 0 Å². The summed E-state index contributed by atoms with van der Waals surface area (Å²) in [6, 6.07) is 25.1. The monoisotopic (exact) mass is 492 g/mol. The molecule has 0 saturated carbocycles. The number of rotatable bonds is 8. The van der Waals surface area contributed by atoms with Crippen LogP contribution in [0.2, 0.25) is 0 Å². The Morgan fingerprint density at radius 3 is 2.46 bits per heavy atom. The first-order valence-corrected chi connectivity index (χ1v) is 12.1. The van der Waals surface area contributed by atoms with E-state index in [-0.39, 0.29) is 23.3 Å². The molecule has 0 aliphatic heterocycles. The molecule has 2 heterocycles. The van der Waals surface area contributed by atoms with Crippen LogP contribution in [-0.2, 0) is 6.42 Å². The normalized spacial score (nSPS) is 12.3. The zero-order valence-corrected chi connectivity index (χ0v) is 20.8. The highest BCUT2D eigenvalue weighted by molar-refractivity contribution is 6.10. The molecule has 8 nitrogen and oxygen atoms in total. The van der Waals surface area contributed by atoms with Gasteiger partial charge in [-0.3, -0.25) is 4.79 Å². The van der Waals surface area contributed by atoms with Gasteiger partial charge in [-0.05, 0) is 49.6 Å². The maximum Gasteiger partial charge on any atom is 0.257 e. The topological polar surface area (TPSA) is 107 Å². The second kappa shape index (κ2) is 10.5. The Kier molecular flexibility index (Phi) is 6.81. The Balaban J connectivity index is 1.51. The predicted octanol–water partition coefficient (Wildman–Crippen LogP) is 4.81. The summed E-state index contributed by atoms with van der Waals surface area (Å²) >= 11 is 0. The molecule has 3 N–H and O–H groups in total. The zero-order valence-electron chi connectivity index (χ0n) is 20.8. The molecule has 0 bridgehead atoms. The molecule has 0 unspecified atom stereocenters. The fourth-order valence-electron chi connectivity index (χ4n) is 4.28. The lowest BCUT2D eigenvalue weighted by atomic mass is 10.1. The summed E-state index contributed by atoms with van der Waals surface area (Å²) in [5.74, 6) is 0.533. The number of aryl methyl sites for hydroxylation is 1. The van der Waals surface area contributed by atoms with Crippen LogP contribution < -0.4 is 15.8 Å². The number of hydrogen-bond acceptors (Lipinski definition) is 6. The van der Waals surface area contributed by atoms with E-state index >= 15 is 0 Å². The number of carbonyl (C=O) groups is 1. The molecule has 8 heteroatoms. The van der Waals surface area contributed by atoms with Crippen molar-refractivity contribution in [3.63, 3.8) is 0 Å². The second-order valence-electron chi connectivity index (χ2n) is 8.84. The van der Waals surface area contributed by atoms with Crippen molar-refractivity contribution >= 4 is 40.1 Å². The molecule has 0 aliphatic carbocycles. The Labute approximate surface area is 214 Å². The van der Waals surface area contributed by atoms with E-state index in [1.807, 2.05) is 73.7 Å². The first-order valence-electron chi connectivity index (χ1n) is 12.1. The number of nitrogen functional groups attached to an aromatic ring is 1. The lowest BCUT2D eigenvalue weighted by Gasteiger charge is -2.14. The van der Waals surface area contributed by atoms with Crippen LogP contribution in [0.25, 0.3) is 22.2 Å². The van der Waals surface area contributed by atoms with Crippen molar-refractivity contribution in [3.8, 4) is 5.75 Å². The van der Waals surface area contributed by atoms with Crippen LogP contribution in [0.1, 0.15) is 34.8 Å². The Bertz CT molecular complexity index is 1590. The molecule has 0 radical (unpaired) electrons. The number of ether oxygens (including phenoxy) is 1. The smallest absolute Gasteiger partial charge is 0.257 e. The zero-order chi connectivity index (χ0) is 25.8. The molecule has 1 amide bonds. The van der Waals surface area contributed by atoms with Gasteiger partial charge in [-0.15, -0.1) is 0 Å².